The molecule has 0 bridgehead atoms. The summed E-state index contributed by atoms with van der Waals surface area (Å²) in [6.45, 7) is 1.11. The van der Waals surface area contributed by atoms with Crippen molar-refractivity contribution in [3.05, 3.63) is 88.1 Å². The highest BCUT2D eigenvalue weighted by Crippen LogP contribution is 2.25. The van der Waals surface area contributed by atoms with Gasteiger partial charge in [-0.2, -0.15) is 0 Å². The number of carbonyl (C=O) groups is 1. The lowest BCUT2D eigenvalue weighted by atomic mass is 10.1. The average molecular weight is 397 g/mol. The van der Waals surface area contributed by atoms with E-state index < -0.39 is 0 Å². The molecular weight excluding hydrogens is 372 g/mol. The van der Waals surface area contributed by atoms with Gasteiger partial charge in [-0.3, -0.25) is 9.69 Å². The average Bonchev–Trinajstić information content (AvgIpc) is 3.22. The van der Waals surface area contributed by atoms with Gasteiger partial charge in [0.1, 0.15) is 0 Å². The summed E-state index contributed by atoms with van der Waals surface area (Å²) in [5.41, 5.74) is 2.31. The topological polar surface area (TPSA) is 32.3 Å². The zero-order valence-corrected chi connectivity index (χ0v) is 17.2. The summed E-state index contributed by atoms with van der Waals surface area (Å²) in [7, 11) is 1.98. The van der Waals surface area contributed by atoms with Gasteiger partial charge >= 0.3 is 0 Å². The van der Waals surface area contributed by atoms with Crippen LogP contribution in [0, 0.1) is 0 Å². The lowest BCUT2D eigenvalue weighted by molar-refractivity contribution is -0.122. The number of likely N-dealkylation sites (N-methyl/N-ethyl adjacent to an activating group) is 1. The van der Waals surface area contributed by atoms with Gasteiger partial charge in [-0.15, -0.1) is 23.1 Å². The van der Waals surface area contributed by atoms with Crippen LogP contribution in [0.2, 0.25) is 0 Å². The Labute approximate surface area is 169 Å². The number of rotatable bonds is 8. The van der Waals surface area contributed by atoms with Crippen molar-refractivity contribution in [1.29, 1.82) is 0 Å². The summed E-state index contributed by atoms with van der Waals surface area (Å²) in [6, 6.07) is 22.6. The van der Waals surface area contributed by atoms with Crippen molar-refractivity contribution in [2.75, 3.05) is 19.8 Å². The third-order valence-electron chi connectivity index (χ3n) is 4.29. The first-order chi connectivity index (χ1) is 13.2. The standard InChI is InChI=1S/C22H24N2OS2/c1-24(15-17-10-12-19(26-2)13-11-17)16-21(25)23-22(20-9-6-14-27-20)18-7-4-3-5-8-18/h3-14,22H,15-16H2,1-2H3,(H,23,25)/t22-/m1/s1. The van der Waals surface area contributed by atoms with E-state index in [1.165, 1.54) is 10.5 Å². The summed E-state index contributed by atoms with van der Waals surface area (Å²) in [5.74, 6) is 0.0282. The summed E-state index contributed by atoms with van der Waals surface area (Å²) in [6.07, 6.45) is 2.07. The Bertz CT molecular complexity index is 833. The highest BCUT2D eigenvalue weighted by molar-refractivity contribution is 7.98. The highest BCUT2D eigenvalue weighted by atomic mass is 32.2. The minimum absolute atomic E-state index is 0.0282. The second kappa shape index (κ2) is 9.74. The first-order valence-corrected chi connectivity index (χ1v) is 11.0. The summed E-state index contributed by atoms with van der Waals surface area (Å²) >= 11 is 3.40. The normalized spacial score (nSPS) is 12.1. The van der Waals surface area contributed by atoms with Crippen molar-refractivity contribution in [1.82, 2.24) is 10.2 Å². The molecule has 0 aliphatic rings. The van der Waals surface area contributed by atoms with Crippen LogP contribution in [0.25, 0.3) is 0 Å². The number of thioether (sulfide) groups is 1. The maximum Gasteiger partial charge on any atom is 0.234 e. The quantitative estimate of drug-likeness (QED) is 0.555. The lowest BCUT2D eigenvalue weighted by Gasteiger charge is -2.21. The molecule has 0 radical (unpaired) electrons. The van der Waals surface area contributed by atoms with Crippen molar-refractivity contribution < 1.29 is 4.79 Å². The monoisotopic (exact) mass is 396 g/mol. The molecule has 1 N–H and O–H groups in total. The number of hydrogen-bond acceptors (Lipinski definition) is 4. The number of nitrogens with one attached hydrogen (secondary N) is 1. The molecule has 0 aliphatic carbocycles. The molecule has 0 saturated carbocycles. The van der Waals surface area contributed by atoms with Gasteiger partial charge in [-0.1, -0.05) is 48.5 Å². The van der Waals surface area contributed by atoms with Gasteiger partial charge in [-0.25, -0.2) is 0 Å². The van der Waals surface area contributed by atoms with Crippen molar-refractivity contribution in [3.63, 3.8) is 0 Å². The van der Waals surface area contributed by atoms with Gasteiger partial charge < -0.3 is 5.32 Å². The van der Waals surface area contributed by atoms with Crippen LogP contribution in [0.4, 0.5) is 0 Å². The number of benzene rings is 2. The predicted molar refractivity (Wildman–Crippen MR) is 115 cm³/mol. The Kier molecular flexibility index (Phi) is 7.10. The highest BCUT2D eigenvalue weighted by Gasteiger charge is 2.18. The summed E-state index contributed by atoms with van der Waals surface area (Å²) in [4.78, 5) is 17.1. The van der Waals surface area contributed by atoms with Gasteiger partial charge in [-0.05, 0) is 48.0 Å². The van der Waals surface area contributed by atoms with Crippen molar-refractivity contribution in [3.8, 4) is 0 Å². The molecule has 1 atom stereocenters. The van der Waals surface area contributed by atoms with E-state index in [-0.39, 0.29) is 11.9 Å². The molecule has 1 aromatic heterocycles. The molecule has 3 rings (SSSR count). The maximum atomic E-state index is 12.7. The third kappa shape index (κ3) is 5.70. The number of hydrogen-bond donors (Lipinski definition) is 1. The van der Waals surface area contributed by atoms with E-state index in [1.54, 1.807) is 23.1 Å². The van der Waals surface area contributed by atoms with Crippen LogP contribution in [-0.4, -0.2) is 30.7 Å². The molecule has 27 heavy (non-hydrogen) atoms. The molecule has 1 amide bonds. The molecule has 1 heterocycles. The Morgan fingerprint density at radius 3 is 2.44 bits per heavy atom. The molecule has 0 fully saturated rings. The first kappa shape index (κ1) is 19.7. The SMILES string of the molecule is CSc1ccc(CN(C)CC(=O)N[C@H](c2ccccc2)c2cccs2)cc1. The Morgan fingerprint density at radius 2 is 1.81 bits per heavy atom. The van der Waals surface area contributed by atoms with Crippen molar-refractivity contribution in [2.24, 2.45) is 0 Å². The van der Waals surface area contributed by atoms with E-state index in [4.69, 9.17) is 0 Å². The third-order valence-corrected chi connectivity index (χ3v) is 5.97. The van der Waals surface area contributed by atoms with Gasteiger partial charge in [0.15, 0.2) is 0 Å². The van der Waals surface area contributed by atoms with Gasteiger partial charge in [0.2, 0.25) is 5.91 Å². The van der Waals surface area contributed by atoms with Crippen LogP contribution in [0.15, 0.2) is 77.0 Å². The van der Waals surface area contributed by atoms with Gasteiger partial charge in [0, 0.05) is 16.3 Å². The summed E-state index contributed by atoms with van der Waals surface area (Å²) < 4.78 is 0. The number of thiophene rings is 1. The Morgan fingerprint density at radius 1 is 1.07 bits per heavy atom. The summed E-state index contributed by atoms with van der Waals surface area (Å²) in [5, 5.41) is 5.24. The van der Waals surface area contributed by atoms with Gasteiger partial charge in [0.25, 0.3) is 0 Å². The van der Waals surface area contributed by atoms with Crippen LogP contribution < -0.4 is 5.32 Å². The van der Waals surface area contributed by atoms with E-state index in [9.17, 15) is 4.79 Å². The largest absolute Gasteiger partial charge is 0.343 e. The fourth-order valence-corrected chi connectivity index (χ4v) is 4.18. The van der Waals surface area contributed by atoms with Gasteiger partial charge in [0.05, 0.1) is 12.6 Å². The minimum atomic E-state index is -0.104. The number of nitrogens with zero attached hydrogens (tertiary/aromatic N) is 1. The van der Waals surface area contributed by atoms with Crippen molar-refractivity contribution >= 4 is 29.0 Å². The van der Waals surface area contributed by atoms with E-state index in [0.29, 0.717) is 6.54 Å². The molecule has 3 aromatic rings. The van der Waals surface area contributed by atoms with Crippen LogP contribution in [0.5, 0.6) is 0 Å². The molecule has 0 unspecified atom stereocenters. The predicted octanol–water partition coefficient (Wildman–Crippen LogP) is 4.81. The molecule has 0 aliphatic heterocycles. The maximum absolute atomic E-state index is 12.7. The first-order valence-electron chi connectivity index (χ1n) is 8.85. The smallest absolute Gasteiger partial charge is 0.234 e. The van der Waals surface area contributed by atoms with E-state index in [1.807, 2.05) is 41.6 Å². The molecule has 0 spiro atoms. The second-order valence-corrected chi connectivity index (χ2v) is 8.31. The Balaban J connectivity index is 1.62. The fourth-order valence-electron chi connectivity index (χ4n) is 2.97. The zero-order valence-electron chi connectivity index (χ0n) is 15.6. The number of amides is 1. The van der Waals surface area contributed by atoms with E-state index >= 15 is 0 Å². The molecule has 5 heteroatoms. The molecular formula is C22H24N2OS2. The van der Waals surface area contributed by atoms with E-state index in [2.05, 4.69) is 54.0 Å². The molecule has 0 saturated heterocycles. The van der Waals surface area contributed by atoms with Crippen LogP contribution in [-0.2, 0) is 11.3 Å². The van der Waals surface area contributed by atoms with Crippen LogP contribution in [0.1, 0.15) is 22.0 Å². The van der Waals surface area contributed by atoms with Crippen LogP contribution >= 0.6 is 23.1 Å². The molecule has 140 valence electrons. The fraction of sp³-hybridized carbons (Fsp3) is 0.227. The number of carbonyl (C=O) groups excluding carboxylic acids is 1. The zero-order chi connectivity index (χ0) is 19.1. The second-order valence-electron chi connectivity index (χ2n) is 6.45. The van der Waals surface area contributed by atoms with Crippen LogP contribution in [0.3, 0.4) is 0 Å². The Hall–Kier alpha value is -2.08. The van der Waals surface area contributed by atoms with E-state index in [0.717, 1.165) is 17.0 Å². The van der Waals surface area contributed by atoms with Crippen molar-refractivity contribution in [2.45, 2.75) is 17.5 Å². The minimum Gasteiger partial charge on any atom is -0.343 e. The molecule has 2 aromatic carbocycles. The lowest BCUT2D eigenvalue weighted by Crippen LogP contribution is -2.37. The molecule has 3 nitrogen and oxygen atoms in total.